The first-order valence-corrected chi connectivity index (χ1v) is 9.85. The van der Waals surface area contributed by atoms with Crippen LogP contribution in [0.1, 0.15) is 96.0 Å². The van der Waals surface area contributed by atoms with Gasteiger partial charge in [-0.05, 0) is 30.9 Å². The van der Waals surface area contributed by atoms with Gasteiger partial charge in [-0.1, -0.05) is 89.0 Å². The Hall–Kier alpha value is -1.22. The monoisotopic (exact) mass is 311 g/mol. The minimum absolute atomic E-state index is 1.03. The summed E-state index contributed by atoms with van der Waals surface area (Å²) in [5, 5.41) is 0. The lowest BCUT2D eigenvalue weighted by Gasteiger charge is -2.00. The highest BCUT2D eigenvalue weighted by Gasteiger charge is 1.92. The second-order valence-electron chi connectivity index (χ2n) is 6.53. The number of hydrogen-bond acceptors (Lipinski definition) is 0. The molecule has 0 saturated heterocycles. The molecule has 23 heavy (non-hydrogen) atoms. The van der Waals surface area contributed by atoms with Crippen molar-refractivity contribution in [2.24, 2.45) is 0 Å². The lowest BCUT2D eigenvalue weighted by atomic mass is 10.1. The van der Waals surface area contributed by atoms with Crippen molar-refractivity contribution in [2.75, 3.05) is 0 Å². The fourth-order valence-corrected chi connectivity index (χ4v) is 2.83. The van der Waals surface area contributed by atoms with Crippen molar-refractivity contribution in [3.8, 4) is 11.8 Å². The molecule has 0 aliphatic rings. The summed E-state index contributed by atoms with van der Waals surface area (Å²) in [6.45, 7) is 2.28. The molecule has 0 unspecified atom stereocenters. The molecule has 0 heterocycles. The van der Waals surface area contributed by atoms with Gasteiger partial charge in [0.05, 0.1) is 0 Å². The van der Waals surface area contributed by atoms with Crippen LogP contribution in [0.3, 0.4) is 0 Å². The van der Waals surface area contributed by atoms with Crippen LogP contribution in [0, 0.1) is 17.9 Å². The largest absolute Gasteiger partial charge is 0.103 e. The van der Waals surface area contributed by atoms with Gasteiger partial charge in [0.15, 0.2) is 0 Å². The van der Waals surface area contributed by atoms with E-state index in [9.17, 15) is 0 Å². The molecule has 0 amide bonds. The molecule has 1 aromatic carbocycles. The Bertz CT molecular complexity index is 407. The molecule has 1 rings (SSSR count). The smallest absolute Gasteiger partial charge is 0.00918 e. The second-order valence-corrected chi connectivity index (χ2v) is 6.53. The normalized spacial score (nSPS) is 10.3. The molecule has 1 radical (unpaired) electrons. The van der Waals surface area contributed by atoms with Crippen LogP contribution in [0.2, 0.25) is 0 Å². The summed E-state index contributed by atoms with van der Waals surface area (Å²) in [7, 11) is 0. The summed E-state index contributed by atoms with van der Waals surface area (Å²) < 4.78 is 0. The van der Waals surface area contributed by atoms with Crippen molar-refractivity contribution < 1.29 is 0 Å². The summed E-state index contributed by atoms with van der Waals surface area (Å²) >= 11 is 0. The average Bonchev–Trinajstić information content (AvgIpc) is 2.59. The van der Waals surface area contributed by atoms with Crippen molar-refractivity contribution in [3.63, 3.8) is 0 Å². The quantitative estimate of drug-likeness (QED) is 0.268. The predicted octanol–water partition coefficient (Wildman–Crippen LogP) is 7.12. The minimum Gasteiger partial charge on any atom is -0.103 e. The van der Waals surface area contributed by atoms with Gasteiger partial charge in [0.1, 0.15) is 0 Å². The Labute approximate surface area is 145 Å². The van der Waals surface area contributed by atoms with Crippen molar-refractivity contribution in [2.45, 2.75) is 96.8 Å². The molecule has 0 atom stereocenters. The van der Waals surface area contributed by atoms with Crippen molar-refractivity contribution >= 4 is 0 Å². The highest BCUT2D eigenvalue weighted by Crippen LogP contribution is 2.11. The number of benzene rings is 1. The van der Waals surface area contributed by atoms with Crippen molar-refractivity contribution in [1.29, 1.82) is 0 Å². The molecular weight excluding hydrogens is 276 g/mol. The summed E-state index contributed by atoms with van der Waals surface area (Å²) in [6, 6.07) is 11.5. The molecule has 0 spiro atoms. The molecule has 0 aliphatic carbocycles. The van der Waals surface area contributed by atoms with E-state index >= 15 is 0 Å². The molecule has 1 aromatic rings. The lowest BCUT2D eigenvalue weighted by Crippen LogP contribution is -1.83. The minimum atomic E-state index is 1.03. The van der Waals surface area contributed by atoms with E-state index in [2.05, 4.69) is 37.0 Å². The van der Waals surface area contributed by atoms with E-state index in [1.165, 1.54) is 69.8 Å². The fourth-order valence-electron chi connectivity index (χ4n) is 2.83. The molecule has 0 fully saturated rings. The first-order chi connectivity index (χ1) is 11.4. The van der Waals surface area contributed by atoms with E-state index in [0.717, 1.165) is 25.7 Å². The molecule has 0 N–H and O–H groups in total. The molecule has 0 aliphatic heterocycles. The Morgan fingerprint density at radius 3 is 1.96 bits per heavy atom. The fraction of sp³-hybridized carbons (Fsp3) is 0.652. The van der Waals surface area contributed by atoms with E-state index in [1.807, 2.05) is 12.1 Å². The zero-order valence-electron chi connectivity index (χ0n) is 15.2. The average molecular weight is 312 g/mol. The Morgan fingerprint density at radius 1 is 0.739 bits per heavy atom. The third-order valence-corrected chi connectivity index (χ3v) is 4.30. The maximum atomic E-state index is 3.34. The first kappa shape index (κ1) is 19.8. The number of unbranched alkanes of at least 4 members (excludes halogenated alkanes) is 11. The van der Waals surface area contributed by atoms with Gasteiger partial charge in [0, 0.05) is 12.8 Å². The van der Waals surface area contributed by atoms with Gasteiger partial charge in [-0.2, -0.15) is 0 Å². The van der Waals surface area contributed by atoms with Crippen LogP contribution in [-0.4, -0.2) is 0 Å². The zero-order valence-corrected chi connectivity index (χ0v) is 15.2. The van der Waals surface area contributed by atoms with Gasteiger partial charge in [-0.15, -0.1) is 11.8 Å². The van der Waals surface area contributed by atoms with Gasteiger partial charge < -0.3 is 0 Å². The molecular formula is C23H35. The Balaban J connectivity index is 1.81. The van der Waals surface area contributed by atoms with Crippen LogP contribution < -0.4 is 0 Å². The van der Waals surface area contributed by atoms with Crippen LogP contribution in [0.15, 0.2) is 24.3 Å². The van der Waals surface area contributed by atoms with Gasteiger partial charge in [0.2, 0.25) is 0 Å². The van der Waals surface area contributed by atoms with Crippen molar-refractivity contribution in [3.05, 3.63) is 35.9 Å². The topological polar surface area (TPSA) is 0 Å². The predicted molar refractivity (Wildman–Crippen MR) is 102 cm³/mol. The maximum absolute atomic E-state index is 3.34. The molecule has 0 aromatic heterocycles. The van der Waals surface area contributed by atoms with Crippen LogP contribution in [0.4, 0.5) is 0 Å². The molecule has 127 valence electrons. The van der Waals surface area contributed by atoms with Crippen LogP contribution in [-0.2, 0) is 6.42 Å². The lowest BCUT2D eigenvalue weighted by molar-refractivity contribution is 0.558. The van der Waals surface area contributed by atoms with Gasteiger partial charge in [-0.25, -0.2) is 0 Å². The SMILES string of the molecule is CCCCCCCCCCCCC#CCCCc1[c]cccc1. The second kappa shape index (κ2) is 15.7. The molecule has 0 nitrogen and oxygen atoms in total. The van der Waals surface area contributed by atoms with E-state index < -0.39 is 0 Å². The van der Waals surface area contributed by atoms with Crippen LogP contribution >= 0.6 is 0 Å². The summed E-state index contributed by atoms with van der Waals surface area (Å²) in [6.07, 6.45) is 18.4. The molecule has 0 heteroatoms. The van der Waals surface area contributed by atoms with Crippen LogP contribution in [0.5, 0.6) is 0 Å². The molecule has 0 saturated carbocycles. The number of aryl methyl sites for hydroxylation is 1. The van der Waals surface area contributed by atoms with Gasteiger partial charge in [0.25, 0.3) is 0 Å². The Kier molecular flexibility index (Phi) is 13.5. The number of hydrogen-bond donors (Lipinski definition) is 0. The highest BCUT2D eigenvalue weighted by atomic mass is 14.0. The summed E-state index contributed by atoms with van der Waals surface area (Å²) in [4.78, 5) is 0. The van der Waals surface area contributed by atoms with E-state index in [4.69, 9.17) is 0 Å². The third-order valence-electron chi connectivity index (χ3n) is 4.30. The molecule has 0 bridgehead atoms. The van der Waals surface area contributed by atoms with Crippen LogP contribution in [0.25, 0.3) is 0 Å². The highest BCUT2D eigenvalue weighted by molar-refractivity contribution is 5.13. The Morgan fingerprint density at radius 2 is 1.35 bits per heavy atom. The zero-order chi connectivity index (χ0) is 16.4. The third kappa shape index (κ3) is 13.0. The van der Waals surface area contributed by atoms with Gasteiger partial charge >= 0.3 is 0 Å². The maximum Gasteiger partial charge on any atom is 0.00918 e. The van der Waals surface area contributed by atoms with Crippen molar-refractivity contribution in [1.82, 2.24) is 0 Å². The summed E-state index contributed by atoms with van der Waals surface area (Å²) in [5.74, 6) is 6.66. The first-order valence-electron chi connectivity index (χ1n) is 9.85. The van der Waals surface area contributed by atoms with E-state index in [0.29, 0.717) is 0 Å². The number of rotatable bonds is 13. The van der Waals surface area contributed by atoms with Gasteiger partial charge in [-0.3, -0.25) is 0 Å². The van der Waals surface area contributed by atoms with E-state index in [1.54, 1.807) is 0 Å². The summed E-state index contributed by atoms with van der Waals surface area (Å²) in [5.41, 5.74) is 1.31. The standard InChI is InChI=1S/C23H35/c1-2-3-4-5-6-7-8-9-10-11-12-13-14-15-17-20-23-21-18-16-19-22-23/h16,18-19,21H,2-12,15,17,20H2,1H3. The van der Waals surface area contributed by atoms with E-state index in [-0.39, 0.29) is 0 Å².